The van der Waals surface area contributed by atoms with Gasteiger partial charge in [-0.05, 0) is 30.7 Å². The molecule has 4 atom stereocenters. The van der Waals surface area contributed by atoms with Crippen LogP contribution in [0.3, 0.4) is 0 Å². The number of cyclic esters (lactones) is 2. The lowest BCUT2D eigenvalue weighted by Gasteiger charge is -2.40. The molecule has 1 aromatic carbocycles. The van der Waals surface area contributed by atoms with Gasteiger partial charge in [-0.25, -0.2) is 0 Å². The summed E-state index contributed by atoms with van der Waals surface area (Å²) >= 11 is 0. The van der Waals surface area contributed by atoms with Crippen LogP contribution in [0, 0.1) is 17.3 Å². The molecule has 4 nitrogen and oxygen atoms in total. The van der Waals surface area contributed by atoms with Gasteiger partial charge in [-0.15, -0.1) is 0 Å². The Morgan fingerprint density at radius 3 is 2.50 bits per heavy atom. The largest absolute Gasteiger partial charge is 0.465 e. The van der Waals surface area contributed by atoms with E-state index in [1.54, 1.807) is 0 Å². The van der Waals surface area contributed by atoms with Gasteiger partial charge in [0.1, 0.15) is 5.76 Å². The highest BCUT2D eigenvalue weighted by atomic mass is 16.5. The molecule has 1 saturated carbocycles. The van der Waals surface area contributed by atoms with Crippen molar-refractivity contribution in [1.29, 1.82) is 0 Å². The summed E-state index contributed by atoms with van der Waals surface area (Å²) in [5.74, 6) is -0.151. The van der Waals surface area contributed by atoms with Crippen molar-refractivity contribution in [2.75, 3.05) is 6.61 Å². The topological polar surface area (TPSA) is 52.6 Å². The summed E-state index contributed by atoms with van der Waals surface area (Å²) in [6.45, 7) is 4.37. The number of allylic oxidation sites excluding steroid dienone is 1. The summed E-state index contributed by atoms with van der Waals surface area (Å²) in [4.78, 5) is 24.6. The number of rotatable bonds is 1. The van der Waals surface area contributed by atoms with E-state index in [-0.39, 0.29) is 29.7 Å². The number of benzene rings is 1. The molecular formula is C18H18O4. The Labute approximate surface area is 129 Å². The molecule has 1 aromatic rings. The zero-order valence-electron chi connectivity index (χ0n) is 12.3. The Bertz CT molecular complexity index is 650. The number of hydrogen-bond donors (Lipinski definition) is 0. The van der Waals surface area contributed by atoms with Crippen molar-refractivity contribution in [3.63, 3.8) is 0 Å². The van der Waals surface area contributed by atoms with Crippen LogP contribution in [0.1, 0.15) is 30.7 Å². The average molecular weight is 298 g/mol. The maximum absolute atomic E-state index is 12.3. The number of fused-ring (bicyclic) bond motifs is 1. The van der Waals surface area contributed by atoms with Gasteiger partial charge in [0.05, 0.1) is 17.9 Å². The standard InChI is InChI=1S/C18H18O4/c1-11-13-9-18(7-8-21-17(18)20)10-14(15(13)16(19)22-11)12-5-3-2-4-6-12/h2-6,13-15H,1,7-10H2. The lowest BCUT2D eigenvalue weighted by Crippen LogP contribution is -2.41. The van der Waals surface area contributed by atoms with E-state index < -0.39 is 5.41 Å². The molecule has 3 aliphatic rings. The third kappa shape index (κ3) is 1.83. The predicted octanol–water partition coefficient (Wildman–Crippen LogP) is 2.80. The molecule has 2 saturated heterocycles. The normalized spacial score (nSPS) is 37.1. The van der Waals surface area contributed by atoms with E-state index in [2.05, 4.69) is 6.58 Å². The van der Waals surface area contributed by atoms with E-state index in [1.807, 2.05) is 30.3 Å². The highest BCUT2D eigenvalue weighted by molar-refractivity contribution is 5.83. The molecule has 1 spiro atoms. The summed E-state index contributed by atoms with van der Waals surface area (Å²) in [5.41, 5.74) is 0.599. The van der Waals surface area contributed by atoms with E-state index in [0.717, 1.165) is 12.0 Å². The Morgan fingerprint density at radius 2 is 1.82 bits per heavy atom. The van der Waals surface area contributed by atoms with Crippen LogP contribution in [0.2, 0.25) is 0 Å². The summed E-state index contributed by atoms with van der Waals surface area (Å²) in [5, 5.41) is 0. The molecule has 22 heavy (non-hydrogen) atoms. The Balaban J connectivity index is 1.78. The highest BCUT2D eigenvalue weighted by Gasteiger charge is 2.59. The SMILES string of the molecule is C=C1OC(=O)C2C1CC1(CCOC1=O)CC2c1ccccc1. The van der Waals surface area contributed by atoms with Crippen LogP contribution < -0.4 is 0 Å². The first-order chi connectivity index (χ1) is 10.6. The van der Waals surface area contributed by atoms with Gasteiger partial charge in [-0.3, -0.25) is 9.59 Å². The molecule has 0 radical (unpaired) electrons. The van der Waals surface area contributed by atoms with Crippen LogP contribution in [0.4, 0.5) is 0 Å². The van der Waals surface area contributed by atoms with Crippen LogP contribution in [-0.4, -0.2) is 18.5 Å². The Kier molecular flexibility index (Phi) is 2.90. The second-order valence-electron chi connectivity index (χ2n) is 6.61. The molecule has 0 amide bonds. The second kappa shape index (κ2) is 4.70. The predicted molar refractivity (Wildman–Crippen MR) is 78.6 cm³/mol. The summed E-state index contributed by atoms with van der Waals surface area (Å²) in [7, 11) is 0. The lowest BCUT2D eigenvalue weighted by atomic mass is 9.59. The minimum atomic E-state index is -0.488. The van der Waals surface area contributed by atoms with E-state index in [4.69, 9.17) is 9.47 Å². The molecule has 0 N–H and O–H groups in total. The van der Waals surface area contributed by atoms with E-state index in [1.165, 1.54) is 0 Å². The fourth-order valence-electron chi connectivity index (χ4n) is 4.37. The van der Waals surface area contributed by atoms with E-state index in [0.29, 0.717) is 25.2 Å². The zero-order valence-corrected chi connectivity index (χ0v) is 12.3. The van der Waals surface area contributed by atoms with Gasteiger partial charge in [0, 0.05) is 5.92 Å². The third-order valence-corrected chi connectivity index (χ3v) is 5.48. The number of ether oxygens (including phenoxy) is 2. The third-order valence-electron chi connectivity index (χ3n) is 5.48. The number of hydrogen-bond acceptors (Lipinski definition) is 4. The van der Waals surface area contributed by atoms with Crippen molar-refractivity contribution in [2.24, 2.45) is 17.3 Å². The van der Waals surface area contributed by atoms with Gasteiger partial charge in [-0.1, -0.05) is 36.9 Å². The first kappa shape index (κ1) is 13.6. The van der Waals surface area contributed by atoms with Gasteiger partial charge in [0.15, 0.2) is 0 Å². The molecule has 4 unspecified atom stereocenters. The average Bonchev–Trinajstić information content (AvgIpc) is 3.01. The van der Waals surface area contributed by atoms with Gasteiger partial charge in [-0.2, -0.15) is 0 Å². The highest BCUT2D eigenvalue weighted by Crippen LogP contribution is 2.57. The van der Waals surface area contributed by atoms with Crippen molar-refractivity contribution >= 4 is 11.9 Å². The van der Waals surface area contributed by atoms with Crippen molar-refractivity contribution < 1.29 is 19.1 Å². The van der Waals surface area contributed by atoms with Crippen LogP contribution in [0.25, 0.3) is 0 Å². The van der Waals surface area contributed by atoms with Crippen molar-refractivity contribution in [3.05, 3.63) is 48.2 Å². The molecule has 2 heterocycles. The monoisotopic (exact) mass is 298 g/mol. The fourth-order valence-corrected chi connectivity index (χ4v) is 4.37. The van der Waals surface area contributed by atoms with Crippen LogP contribution in [0.15, 0.2) is 42.7 Å². The Morgan fingerprint density at radius 1 is 1.09 bits per heavy atom. The second-order valence-corrected chi connectivity index (χ2v) is 6.61. The minimum absolute atomic E-state index is 0.0163. The molecule has 4 rings (SSSR count). The molecule has 0 aromatic heterocycles. The molecule has 3 fully saturated rings. The van der Waals surface area contributed by atoms with Crippen LogP contribution >= 0.6 is 0 Å². The number of carbonyl (C=O) groups excluding carboxylic acids is 2. The lowest BCUT2D eigenvalue weighted by molar-refractivity contribution is -0.151. The molecule has 114 valence electrons. The zero-order chi connectivity index (χ0) is 15.3. The van der Waals surface area contributed by atoms with Crippen molar-refractivity contribution in [1.82, 2.24) is 0 Å². The molecule has 4 heteroatoms. The van der Waals surface area contributed by atoms with Gasteiger partial charge >= 0.3 is 11.9 Å². The fraction of sp³-hybridized carbons (Fsp3) is 0.444. The number of esters is 2. The molecule has 0 bridgehead atoms. The number of carbonyl (C=O) groups is 2. The maximum Gasteiger partial charge on any atom is 0.315 e. The molecule has 2 aliphatic heterocycles. The first-order valence-electron chi connectivity index (χ1n) is 7.73. The van der Waals surface area contributed by atoms with Crippen molar-refractivity contribution in [2.45, 2.75) is 25.2 Å². The smallest absolute Gasteiger partial charge is 0.315 e. The van der Waals surface area contributed by atoms with E-state index in [9.17, 15) is 9.59 Å². The summed E-state index contributed by atoms with van der Waals surface area (Å²) < 4.78 is 10.6. The van der Waals surface area contributed by atoms with Crippen LogP contribution in [0.5, 0.6) is 0 Å². The van der Waals surface area contributed by atoms with E-state index >= 15 is 0 Å². The van der Waals surface area contributed by atoms with Gasteiger partial charge in [0.25, 0.3) is 0 Å². The quantitative estimate of drug-likeness (QED) is 0.748. The first-order valence-corrected chi connectivity index (χ1v) is 7.73. The maximum atomic E-state index is 12.3. The van der Waals surface area contributed by atoms with Gasteiger partial charge < -0.3 is 9.47 Å². The van der Waals surface area contributed by atoms with Crippen LogP contribution in [-0.2, 0) is 19.1 Å². The summed E-state index contributed by atoms with van der Waals surface area (Å²) in [6.07, 6.45) is 1.99. The van der Waals surface area contributed by atoms with Crippen molar-refractivity contribution in [3.8, 4) is 0 Å². The molecular weight excluding hydrogens is 280 g/mol. The molecule has 1 aliphatic carbocycles. The summed E-state index contributed by atoms with van der Waals surface area (Å²) in [6, 6.07) is 9.93. The van der Waals surface area contributed by atoms with Gasteiger partial charge in [0.2, 0.25) is 0 Å². The Hall–Kier alpha value is -2.10. The minimum Gasteiger partial charge on any atom is -0.465 e.